The maximum absolute atomic E-state index is 13.4. The summed E-state index contributed by atoms with van der Waals surface area (Å²) in [4.78, 5) is 27.3. The molecule has 1 aliphatic rings. The van der Waals surface area contributed by atoms with Gasteiger partial charge in [0.1, 0.15) is 16.7 Å². The molecule has 0 saturated carbocycles. The van der Waals surface area contributed by atoms with Crippen LogP contribution in [0, 0.1) is 5.82 Å². The molecule has 0 aliphatic carbocycles. The van der Waals surface area contributed by atoms with E-state index in [-0.39, 0.29) is 43.1 Å². The number of hydrogen-bond donors (Lipinski definition) is 1. The van der Waals surface area contributed by atoms with Crippen molar-refractivity contribution in [2.24, 2.45) is 0 Å². The van der Waals surface area contributed by atoms with Crippen LogP contribution in [0.25, 0.3) is 16.6 Å². The Kier molecular flexibility index (Phi) is 5.26. The van der Waals surface area contributed by atoms with Crippen LogP contribution in [0.4, 0.5) is 9.18 Å². The molecule has 0 spiro atoms. The fraction of sp³-hybridized carbons (Fsp3) is 0.238. The van der Waals surface area contributed by atoms with Crippen molar-refractivity contribution in [1.29, 1.82) is 0 Å². The zero-order valence-corrected chi connectivity index (χ0v) is 16.9. The quantitative estimate of drug-likeness (QED) is 0.683. The second kappa shape index (κ2) is 7.87. The van der Waals surface area contributed by atoms with Crippen LogP contribution >= 0.6 is 11.6 Å². The summed E-state index contributed by atoms with van der Waals surface area (Å²) >= 11 is 6.69. The smallest absolute Gasteiger partial charge is 0.407 e. The molecule has 1 aromatic heterocycles. The SMILES string of the molecule is COc1ccc2c(C(=O)N3CCN(C(=O)O)CC3)c(Cl)n(-c3ccc(F)cc3)c2c1. The van der Waals surface area contributed by atoms with E-state index in [1.165, 1.54) is 17.0 Å². The highest BCUT2D eigenvalue weighted by atomic mass is 35.5. The maximum Gasteiger partial charge on any atom is 0.407 e. The van der Waals surface area contributed by atoms with E-state index >= 15 is 0 Å². The van der Waals surface area contributed by atoms with E-state index in [9.17, 15) is 14.0 Å². The number of piperazine rings is 1. The van der Waals surface area contributed by atoms with Gasteiger partial charge in [0.05, 0.1) is 18.2 Å². The predicted molar refractivity (Wildman–Crippen MR) is 110 cm³/mol. The van der Waals surface area contributed by atoms with Gasteiger partial charge in [-0.15, -0.1) is 0 Å². The Hall–Kier alpha value is -3.26. The first-order chi connectivity index (χ1) is 14.4. The fourth-order valence-corrected chi connectivity index (χ4v) is 4.04. The Labute approximate surface area is 176 Å². The Bertz CT molecular complexity index is 1120. The van der Waals surface area contributed by atoms with Crippen LogP contribution in [0.1, 0.15) is 10.4 Å². The van der Waals surface area contributed by atoms with Crippen molar-refractivity contribution in [1.82, 2.24) is 14.4 Å². The molecule has 0 unspecified atom stereocenters. The zero-order valence-electron chi connectivity index (χ0n) is 16.1. The molecule has 2 amide bonds. The first kappa shape index (κ1) is 20.0. The number of halogens is 2. The van der Waals surface area contributed by atoms with Gasteiger partial charge in [0, 0.05) is 43.3 Å². The molecule has 0 radical (unpaired) electrons. The van der Waals surface area contributed by atoms with Gasteiger partial charge >= 0.3 is 6.09 Å². The van der Waals surface area contributed by atoms with Gasteiger partial charge in [-0.1, -0.05) is 11.6 Å². The second-order valence-electron chi connectivity index (χ2n) is 6.92. The lowest BCUT2D eigenvalue weighted by Crippen LogP contribution is -2.50. The Morgan fingerprint density at radius 2 is 1.67 bits per heavy atom. The molecule has 3 aromatic rings. The summed E-state index contributed by atoms with van der Waals surface area (Å²) in [5.74, 6) is -0.0633. The van der Waals surface area contributed by atoms with Gasteiger partial charge < -0.3 is 19.6 Å². The van der Waals surface area contributed by atoms with E-state index in [0.29, 0.717) is 27.9 Å². The monoisotopic (exact) mass is 431 g/mol. The van der Waals surface area contributed by atoms with Crippen LogP contribution < -0.4 is 4.74 Å². The molecule has 4 rings (SSSR count). The van der Waals surface area contributed by atoms with E-state index < -0.39 is 6.09 Å². The molecule has 2 aromatic carbocycles. The molecule has 1 N–H and O–H groups in total. The predicted octanol–water partition coefficient (Wildman–Crippen LogP) is 3.87. The van der Waals surface area contributed by atoms with Crippen LogP contribution in [0.15, 0.2) is 42.5 Å². The van der Waals surface area contributed by atoms with Crippen LogP contribution in [-0.4, -0.2) is 64.8 Å². The molecule has 30 heavy (non-hydrogen) atoms. The van der Waals surface area contributed by atoms with Crippen LogP contribution in [0.2, 0.25) is 5.15 Å². The summed E-state index contributed by atoms with van der Waals surface area (Å²) in [6, 6.07) is 11.1. The van der Waals surface area contributed by atoms with Crippen LogP contribution in [0.3, 0.4) is 0 Å². The molecule has 1 saturated heterocycles. The first-order valence-corrected chi connectivity index (χ1v) is 9.69. The van der Waals surface area contributed by atoms with Crippen molar-refractivity contribution in [3.63, 3.8) is 0 Å². The first-order valence-electron chi connectivity index (χ1n) is 9.31. The third kappa shape index (κ3) is 3.43. The normalized spacial score (nSPS) is 14.2. The summed E-state index contributed by atoms with van der Waals surface area (Å²) in [6.07, 6.45) is -1.000. The highest BCUT2D eigenvalue weighted by Crippen LogP contribution is 2.36. The van der Waals surface area contributed by atoms with Crippen molar-refractivity contribution in [2.75, 3.05) is 33.3 Å². The summed E-state index contributed by atoms with van der Waals surface area (Å²) in [5.41, 5.74) is 1.58. The van der Waals surface area contributed by atoms with Crippen molar-refractivity contribution >= 4 is 34.5 Å². The number of ether oxygens (including phenoxy) is 1. The van der Waals surface area contributed by atoms with Gasteiger partial charge in [-0.2, -0.15) is 0 Å². The lowest BCUT2D eigenvalue weighted by atomic mass is 10.1. The summed E-state index contributed by atoms with van der Waals surface area (Å²) in [5, 5.41) is 9.96. The minimum atomic E-state index is -1.000. The van der Waals surface area contributed by atoms with E-state index in [2.05, 4.69) is 0 Å². The van der Waals surface area contributed by atoms with Gasteiger partial charge in [0.25, 0.3) is 5.91 Å². The van der Waals surface area contributed by atoms with E-state index in [4.69, 9.17) is 21.4 Å². The van der Waals surface area contributed by atoms with Crippen molar-refractivity contribution in [2.45, 2.75) is 0 Å². The number of fused-ring (bicyclic) bond motifs is 1. The molecular formula is C21H19ClFN3O4. The molecular weight excluding hydrogens is 413 g/mol. The van der Waals surface area contributed by atoms with Gasteiger partial charge in [0.2, 0.25) is 0 Å². The van der Waals surface area contributed by atoms with Crippen LogP contribution in [0.5, 0.6) is 5.75 Å². The third-order valence-corrected chi connectivity index (χ3v) is 5.61. The molecule has 1 aliphatic heterocycles. The summed E-state index contributed by atoms with van der Waals surface area (Å²) in [7, 11) is 1.54. The molecule has 0 bridgehead atoms. The molecule has 0 atom stereocenters. The average Bonchev–Trinajstić information content (AvgIpc) is 3.04. The van der Waals surface area contributed by atoms with Crippen molar-refractivity contribution in [3.8, 4) is 11.4 Å². The van der Waals surface area contributed by atoms with Crippen LogP contribution in [-0.2, 0) is 0 Å². The van der Waals surface area contributed by atoms with E-state index in [1.54, 1.807) is 46.9 Å². The average molecular weight is 432 g/mol. The molecule has 1 fully saturated rings. The van der Waals surface area contributed by atoms with Crippen molar-refractivity contribution in [3.05, 3.63) is 59.0 Å². The van der Waals surface area contributed by atoms with E-state index in [1.807, 2.05) is 0 Å². The molecule has 156 valence electrons. The lowest BCUT2D eigenvalue weighted by molar-refractivity contribution is 0.0626. The van der Waals surface area contributed by atoms with E-state index in [0.717, 1.165) is 0 Å². The Morgan fingerprint density at radius 1 is 1.03 bits per heavy atom. The second-order valence-corrected chi connectivity index (χ2v) is 7.28. The number of amides is 2. The minimum absolute atomic E-state index is 0.204. The number of methoxy groups -OCH3 is 1. The number of carbonyl (C=O) groups excluding carboxylic acids is 1. The van der Waals surface area contributed by atoms with Gasteiger partial charge in [-0.25, -0.2) is 9.18 Å². The number of aromatic nitrogens is 1. The minimum Gasteiger partial charge on any atom is -0.497 e. The van der Waals surface area contributed by atoms with Gasteiger partial charge in [-0.05, 0) is 36.4 Å². The summed E-state index contributed by atoms with van der Waals surface area (Å²) < 4.78 is 20.4. The van der Waals surface area contributed by atoms with Crippen molar-refractivity contribution < 1.29 is 23.8 Å². The number of hydrogen-bond acceptors (Lipinski definition) is 3. The Balaban J connectivity index is 1.80. The fourth-order valence-electron chi connectivity index (χ4n) is 3.67. The lowest BCUT2D eigenvalue weighted by Gasteiger charge is -2.33. The topological polar surface area (TPSA) is 75.0 Å². The highest BCUT2D eigenvalue weighted by Gasteiger charge is 2.29. The number of rotatable bonds is 3. The largest absolute Gasteiger partial charge is 0.497 e. The summed E-state index contributed by atoms with van der Waals surface area (Å²) in [6.45, 7) is 1.04. The zero-order chi connectivity index (χ0) is 21.4. The Morgan fingerprint density at radius 3 is 2.27 bits per heavy atom. The number of carboxylic acid groups (broad SMARTS) is 1. The molecule has 2 heterocycles. The standard InChI is InChI=1S/C21H19ClFN3O4/c1-30-15-6-7-16-17(12-15)26(14-4-2-13(23)3-5-14)19(22)18(16)20(27)24-8-10-25(11-9-24)21(28)29/h2-7,12H,8-11H2,1H3,(H,28,29). The third-order valence-electron chi connectivity index (χ3n) is 5.25. The van der Waals surface area contributed by atoms with Gasteiger partial charge in [0.15, 0.2) is 0 Å². The number of benzene rings is 2. The number of nitrogens with zero attached hydrogens (tertiary/aromatic N) is 3. The highest BCUT2D eigenvalue weighted by molar-refractivity contribution is 6.36. The van der Waals surface area contributed by atoms with Gasteiger partial charge in [-0.3, -0.25) is 9.36 Å². The molecule has 7 nitrogen and oxygen atoms in total. The number of carbonyl (C=O) groups is 2. The maximum atomic E-state index is 13.4. The molecule has 9 heteroatoms.